The third-order valence-corrected chi connectivity index (χ3v) is 5.35. The minimum atomic E-state index is -3.93. The van der Waals surface area contributed by atoms with Crippen LogP contribution in [0.1, 0.15) is 19.2 Å². The molecule has 1 heterocycles. The van der Waals surface area contributed by atoms with Crippen molar-refractivity contribution in [1.82, 2.24) is 4.57 Å². The van der Waals surface area contributed by atoms with Crippen LogP contribution in [0.4, 0.5) is 0 Å². The van der Waals surface area contributed by atoms with E-state index in [1.807, 2.05) is 25.1 Å². The van der Waals surface area contributed by atoms with Crippen molar-refractivity contribution in [2.75, 3.05) is 5.75 Å². The summed E-state index contributed by atoms with van der Waals surface area (Å²) in [6.07, 6.45) is 0.378. The highest BCUT2D eigenvalue weighted by molar-refractivity contribution is 7.85. The summed E-state index contributed by atoms with van der Waals surface area (Å²) >= 11 is 0. The van der Waals surface area contributed by atoms with E-state index in [1.54, 1.807) is 0 Å². The van der Waals surface area contributed by atoms with Crippen LogP contribution in [0, 0.1) is 6.92 Å². The molecule has 0 atom stereocenters. The maximum absolute atomic E-state index is 11.0. The molecule has 0 aliphatic heterocycles. The lowest BCUT2D eigenvalue weighted by molar-refractivity contribution is -0.675. The maximum Gasteiger partial charge on any atom is 0.265 e. The first kappa shape index (κ1) is 17.6. The predicted molar refractivity (Wildman–Crippen MR) is 99.0 cm³/mol. The fourth-order valence-electron chi connectivity index (χ4n) is 3.36. The second-order valence-corrected chi connectivity index (χ2v) is 7.72. The minimum Gasteiger partial charge on any atom is -0.286 e. The van der Waals surface area contributed by atoms with Crippen LogP contribution >= 0.6 is 0 Å². The Morgan fingerprint density at radius 1 is 1.08 bits per heavy atom. The van der Waals surface area contributed by atoms with Crippen LogP contribution in [0.25, 0.3) is 22.2 Å². The maximum atomic E-state index is 11.0. The molecule has 0 amide bonds. The van der Waals surface area contributed by atoms with Gasteiger partial charge in [0.05, 0.1) is 18.8 Å². The Balaban J connectivity index is 2.06. The Hall–Kier alpha value is -2.18. The number of hydrogen-bond donors (Lipinski definition) is 1. The summed E-state index contributed by atoms with van der Waals surface area (Å²) in [7, 11) is -3.93. The van der Waals surface area contributed by atoms with Gasteiger partial charge < -0.3 is 0 Å². The van der Waals surface area contributed by atoms with Crippen LogP contribution < -0.4 is 4.57 Å². The molecule has 2 aromatic carbocycles. The number of rotatable bonds is 6. The van der Waals surface area contributed by atoms with Gasteiger partial charge in [0.1, 0.15) is 0 Å². The van der Waals surface area contributed by atoms with Crippen LogP contribution in [0.2, 0.25) is 0 Å². The van der Waals surface area contributed by atoms with Gasteiger partial charge in [-0.1, -0.05) is 30.3 Å². The van der Waals surface area contributed by atoms with Gasteiger partial charge in [0.25, 0.3) is 15.9 Å². The standard InChI is InChI=1S/C19H22N2O3S/c1-3-20-15(2)21(12-7-13-25(22,23)24)19-14-17(10-11-18(19)20)16-8-5-4-6-9-16/h4-6,8-11,14H,3,7,12-13H2,1-2H3/p+1. The van der Waals surface area contributed by atoms with E-state index in [0.717, 1.165) is 34.5 Å². The molecule has 3 rings (SSSR count). The highest BCUT2D eigenvalue weighted by atomic mass is 32.2. The zero-order valence-electron chi connectivity index (χ0n) is 14.5. The number of nitrogens with zero attached hydrogens (tertiary/aromatic N) is 2. The van der Waals surface area contributed by atoms with E-state index in [1.165, 1.54) is 0 Å². The molecule has 0 saturated carbocycles. The molecule has 3 aromatic rings. The van der Waals surface area contributed by atoms with Gasteiger partial charge in [-0.15, -0.1) is 0 Å². The predicted octanol–water partition coefficient (Wildman–Crippen LogP) is 3.20. The van der Waals surface area contributed by atoms with Crippen LogP contribution in [0.5, 0.6) is 0 Å². The number of aromatic nitrogens is 2. The summed E-state index contributed by atoms with van der Waals surface area (Å²) in [4.78, 5) is 0. The molecule has 5 nitrogen and oxygen atoms in total. The molecule has 6 heteroatoms. The minimum absolute atomic E-state index is 0.226. The lowest BCUT2D eigenvalue weighted by Gasteiger charge is -2.02. The van der Waals surface area contributed by atoms with Gasteiger partial charge in [-0.3, -0.25) is 4.55 Å². The van der Waals surface area contributed by atoms with E-state index in [0.29, 0.717) is 13.0 Å². The molecule has 0 fully saturated rings. The SMILES string of the molecule is CC[n+]1c(C)n(CCCS(=O)(=O)O)c2cc(-c3ccccc3)ccc21. The molecule has 0 aliphatic rings. The molecule has 0 aliphatic carbocycles. The quantitative estimate of drug-likeness (QED) is 0.543. The molecule has 1 aromatic heterocycles. The van der Waals surface area contributed by atoms with E-state index < -0.39 is 10.1 Å². The summed E-state index contributed by atoms with van der Waals surface area (Å²) in [6, 6.07) is 16.6. The molecular formula is C19H23N2O3S+. The van der Waals surface area contributed by atoms with E-state index in [9.17, 15) is 8.42 Å². The lowest BCUT2D eigenvalue weighted by atomic mass is 10.1. The van der Waals surface area contributed by atoms with Gasteiger partial charge in [-0.25, -0.2) is 9.13 Å². The van der Waals surface area contributed by atoms with E-state index in [2.05, 4.69) is 46.4 Å². The molecule has 0 unspecified atom stereocenters. The van der Waals surface area contributed by atoms with Crippen molar-refractivity contribution in [1.29, 1.82) is 0 Å². The van der Waals surface area contributed by atoms with Crippen molar-refractivity contribution in [3.05, 3.63) is 54.4 Å². The van der Waals surface area contributed by atoms with Crippen molar-refractivity contribution in [3.8, 4) is 11.1 Å². The monoisotopic (exact) mass is 359 g/mol. The Kier molecular flexibility index (Phi) is 4.92. The number of hydrogen-bond acceptors (Lipinski definition) is 2. The lowest BCUT2D eigenvalue weighted by Crippen LogP contribution is -2.35. The van der Waals surface area contributed by atoms with Crippen molar-refractivity contribution in [2.45, 2.75) is 33.4 Å². The smallest absolute Gasteiger partial charge is 0.265 e. The zero-order chi connectivity index (χ0) is 18.0. The van der Waals surface area contributed by atoms with Gasteiger partial charge in [0.2, 0.25) is 0 Å². The zero-order valence-corrected chi connectivity index (χ0v) is 15.3. The fourth-order valence-corrected chi connectivity index (χ4v) is 3.85. The van der Waals surface area contributed by atoms with Crippen LogP contribution in [-0.4, -0.2) is 23.3 Å². The summed E-state index contributed by atoms with van der Waals surface area (Å²) in [5.41, 5.74) is 4.49. The first-order chi connectivity index (χ1) is 11.9. The van der Waals surface area contributed by atoms with Crippen molar-refractivity contribution >= 4 is 21.2 Å². The molecule has 25 heavy (non-hydrogen) atoms. The Morgan fingerprint density at radius 3 is 2.44 bits per heavy atom. The van der Waals surface area contributed by atoms with Crippen molar-refractivity contribution in [2.24, 2.45) is 0 Å². The number of aryl methyl sites for hydroxylation is 2. The highest BCUT2D eigenvalue weighted by Crippen LogP contribution is 2.24. The van der Waals surface area contributed by atoms with Gasteiger partial charge in [0.15, 0.2) is 11.0 Å². The topological polar surface area (TPSA) is 63.2 Å². The molecule has 132 valence electrons. The second-order valence-electron chi connectivity index (χ2n) is 6.15. The Morgan fingerprint density at radius 2 is 1.80 bits per heavy atom. The van der Waals surface area contributed by atoms with Crippen molar-refractivity contribution < 1.29 is 17.5 Å². The van der Waals surface area contributed by atoms with Crippen LogP contribution in [0.15, 0.2) is 48.5 Å². The largest absolute Gasteiger partial charge is 0.286 e. The molecular weight excluding hydrogens is 336 g/mol. The third kappa shape index (κ3) is 3.75. The van der Waals surface area contributed by atoms with E-state index >= 15 is 0 Å². The molecule has 0 radical (unpaired) electrons. The summed E-state index contributed by atoms with van der Waals surface area (Å²) in [5.74, 6) is 0.856. The Labute approximate surface area is 148 Å². The van der Waals surface area contributed by atoms with E-state index in [4.69, 9.17) is 4.55 Å². The fraction of sp³-hybridized carbons (Fsp3) is 0.316. The van der Waals surface area contributed by atoms with Crippen molar-refractivity contribution in [3.63, 3.8) is 0 Å². The van der Waals surface area contributed by atoms with Crippen LogP contribution in [-0.2, 0) is 23.2 Å². The third-order valence-electron chi connectivity index (χ3n) is 4.55. The summed E-state index contributed by atoms with van der Waals surface area (Å²) < 4.78 is 35.4. The van der Waals surface area contributed by atoms with Crippen LogP contribution in [0.3, 0.4) is 0 Å². The average Bonchev–Trinajstić information content (AvgIpc) is 2.85. The highest BCUT2D eigenvalue weighted by Gasteiger charge is 2.21. The summed E-state index contributed by atoms with van der Waals surface area (Å²) in [6.45, 7) is 5.53. The average molecular weight is 359 g/mol. The van der Waals surface area contributed by atoms with Gasteiger partial charge in [0, 0.05) is 13.3 Å². The number of imidazole rings is 1. The number of benzene rings is 2. The van der Waals surface area contributed by atoms with E-state index in [-0.39, 0.29) is 5.75 Å². The number of fused-ring (bicyclic) bond motifs is 1. The molecule has 0 bridgehead atoms. The molecule has 0 spiro atoms. The normalized spacial score (nSPS) is 12.0. The molecule has 1 N–H and O–H groups in total. The van der Waals surface area contributed by atoms with Gasteiger partial charge >= 0.3 is 0 Å². The second kappa shape index (κ2) is 6.98. The first-order valence-corrected chi connectivity index (χ1v) is 10.0. The Bertz CT molecular complexity index is 992. The first-order valence-electron chi connectivity index (χ1n) is 8.44. The summed E-state index contributed by atoms with van der Waals surface area (Å²) in [5, 5.41) is 0. The van der Waals surface area contributed by atoms with Gasteiger partial charge in [-0.2, -0.15) is 8.42 Å². The van der Waals surface area contributed by atoms with Gasteiger partial charge in [-0.05, 0) is 36.2 Å². The molecule has 0 saturated heterocycles.